The van der Waals surface area contributed by atoms with Crippen molar-refractivity contribution < 1.29 is 24.2 Å². The molecule has 8 rings (SSSR count). The van der Waals surface area contributed by atoms with Crippen molar-refractivity contribution in [1.82, 2.24) is 25.1 Å². The highest BCUT2D eigenvalue weighted by atomic mass is 16.5. The lowest BCUT2D eigenvalue weighted by molar-refractivity contribution is -0.136. The maximum absolute atomic E-state index is 13.1. The van der Waals surface area contributed by atoms with Gasteiger partial charge in [0.05, 0.1) is 5.60 Å². The predicted molar refractivity (Wildman–Crippen MR) is 191 cm³/mol. The van der Waals surface area contributed by atoms with E-state index in [0.717, 1.165) is 82.7 Å². The molecule has 1 unspecified atom stereocenters. The standard InChI is InChI=1S/C39H47N7O5/c47-35-8-7-34(36(48)43-35)46-25-28-21-30(3-6-33(28)37(46)49)39(50)13-17-44(18-14-39)24-26-1-4-32(5-2-26)45-15-9-31(10-16-45)42-38-40-22-29(23-41-38)27-11-19-51-20-12-27/h1-6,21-23,27,31,34,50H,7-20,24-25H2,(H,40,41,42)(H,43,47,48). The van der Waals surface area contributed by atoms with Crippen LogP contribution in [0.15, 0.2) is 54.9 Å². The fraction of sp³-hybridized carbons (Fsp3) is 0.513. The van der Waals surface area contributed by atoms with Gasteiger partial charge in [0.2, 0.25) is 17.8 Å². The van der Waals surface area contributed by atoms with Crippen LogP contribution in [-0.4, -0.2) is 94.1 Å². The molecule has 5 aliphatic heterocycles. The minimum absolute atomic E-state index is 0.196. The highest BCUT2D eigenvalue weighted by Gasteiger charge is 2.41. The average molecular weight is 694 g/mol. The maximum Gasteiger partial charge on any atom is 0.255 e. The second-order valence-electron chi connectivity index (χ2n) is 14.9. The Morgan fingerprint density at radius 3 is 2.33 bits per heavy atom. The quantitative estimate of drug-likeness (QED) is 0.300. The number of carbonyl (C=O) groups excluding carboxylic acids is 3. The highest BCUT2D eigenvalue weighted by molar-refractivity contribution is 6.05. The second-order valence-corrected chi connectivity index (χ2v) is 14.9. The SMILES string of the molecule is O=C1CCC(N2Cc3cc(C4(O)CCN(Cc5ccc(N6CCC(Nc7ncc(C8CCOCC8)cn7)CC6)cc5)CC4)ccc3C2=O)C(=O)N1. The van der Waals surface area contributed by atoms with Crippen molar-refractivity contribution in [2.75, 3.05) is 49.6 Å². The van der Waals surface area contributed by atoms with Gasteiger partial charge in [-0.25, -0.2) is 9.97 Å². The number of hydrogen-bond acceptors (Lipinski definition) is 10. The summed E-state index contributed by atoms with van der Waals surface area (Å²) in [4.78, 5) is 52.8. The van der Waals surface area contributed by atoms with Crippen LogP contribution < -0.4 is 15.5 Å². The number of imide groups is 1. The van der Waals surface area contributed by atoms with E-state index in [4.69, 9.17) is 4.74 Å². The number of ether oxygens (including phenoxy) is 1. The van der Waals surface area contributed by atoms with E-state index in [1.54, 1.807) is 11.0 Å². The summed E-state index contributed by atoms with van der Waals surface area (Å²) in [6, 6.07) is 14.2. The van der Waals surface area contributed by atoms with Crippen molar-refractivity contribution in [3.63, 3.8) is 0 Å². The molecule has 12 heteroatoms. The number of likely N-dealkylation sites (tertiary alicyclic amines) is 1. The third kappa shape index (κ3) is 7.22. The molecular weight excluding hydrogens is 646 g/mol. The molecule has 1 aromatic heterocycles. The minimum Gasteiger partial charge on any atom is -0.385 e. The molecule has 3 N–H and O–H groups in total. The molecule has 4 fully saturated rings. The van der Waals surface area contributed by atoms with E-state index in [0.29, 0.717) is 49.3 Å². The largest absolute Gasteiger partial charge is 0.385 e. The third-order valence-electron chi connectivity index (χ3n) is 11.6. The van der Waals surface area contributed by atoms with E-state index in [2.05, 4.69) is 54.7 Å². The Hall–Kier alpha value is -4.39. The van der Waals surface area contributed by atoms with E-state index < -0.39 is 17.6 Å². The molecule has 0 aliphatic carbocycles. The molecule has 268 valence electrons. The number of rotatable bonds is 8. The number of fused-ring (bicyclic) bond motifs is 1. The molecule has 51 heavy (non-hydrogen) atoms. The lowest BCUT2D eigenvalue weighted by Crippen LogP contribution is -2.52. The Bertz CT molecular complexity index is 1740. The number of piperidine rings is 3. The zero-order valence-corrected chi connectivity index (χ0v) is 29.1. The number of anilines is 2. The fourth-order valence-electron chi connectivity index (χ4n) is 8.42. The van der Waals surface area contributed by atoms with Crippen molar-refractivity contribution in [2.24, 2.45) is 0 Å². The van der Waals surface area contributed by atoms with Gasteiger partial charge in [0.25, 0.3) is 5.91 Å². The maximum atomic E-state index is 13.1. The van der Waals surface area contributed by atoms with Gasteiger partial charge < -0.3 is 25.0 Å². The van der Waals surface area contributed by atoms with Crippen molar-refractivity contribution >= 4 is 29.4 Å². The van der Waals surface area contributed by atoms with Crippen LogP contribution >= 0.6 is 0 Å². The molecule has 3 aromatic rings. The second kappa shape index (κ2) is 14.3. The average Bonchev–Trinajstić information content (AvgIpc) is 3.49. The summed E-state index contributed by atoms with van der Waals surface area (Å²) in [7, 11) is 0. The number of carbonyl (C=O) groups is 3. The Morgan fingerprint density at radius 2 is 1.63 bits per heavy atom. The number of aliphatic hydroxyl groups is 1. The summed E-state index contributed by atoms with van der Waals surface area (Å²) in [5.74, 6) is 0.307. The summed E-state index contributed by atoms with van der Waals surface area (Å²) in [5, 5.41) is 17.6. The normalized spacial score (nSPS) is 23.3. The molecule has 2 aromatic carbocycles. The lowest BCUT2D eigenvalue weighted by Gasteiger charge is -2.39. The van der Waals surface area contributed by atoms with Crippen LogP contribution in [0.3, 0.4) is 0 Å². The van der Waals surface area contributed by atoms with Crippen LogP contribution in [0.25, 0.3) is 0 Å². The Labute approximate surface area is 298 Å². The number of benzene rings is 2. The number of nitrogens with one attached hydrogen (secondary N) is 2. The van der Waals surface area contributed by atoms with Crippen LogP contribution in [-0.2, 0) is 33.0 Å². The van der Waals surface area contributed by atoms with Crippen LogP contribution in [0, 0.1) is 0 Å². The molecule has 0 saturated carbocycles. The van der Waals surface area contributed by atoms with Crippen molar-refractivity contribution in [3.05, 3.63) is 82.7 Å². The van der Waals surface area contributed by atoms with Crippen LogP contribution in [0.2, 0.25) is 0 Å². The summed E-state index contributed by atoms with van der Waals surface area (Å²) >= 11 is 0. The van der Waals surface area contributed by atoms with E-state index in [-0.39, 0.29) is 18.2 Å². The van der Waals surface area contributed by atoms with E-state index in [9.17, 15) is 19.5 Å². The van der Waals surface area contributed by atoms with Gasteiger partial charge >= 0.3 is 0 Å². The van der Waals surface area contributed by atoms with Gasteiger partial charge in [-0.1, -0.05) is 24.3 Å². The third-order valence-corrected chi connectivity index (χ3v) is 11.6. The molecule has 0 spiro atoms. The zero-order valence-electron chi connectivity index (χ0n) is 29.1. The first-order chi connectivity index (χ1) is 24.8. The van der Waals surface area contributed by atoms with E-state index in [1.165, 1.54) is 16.8 Å². The van der Waals surface area contributed by atoms with Gasteiger partial charge in [0, 0.05) is 88.6 Å². The minimum atomic E-state index is -0.970. The molecule has 1 atom stereocenters. The first kappa shape index (κ1) is 33.7. The van der Waals surface area contributed by atoms with Gasteiger partial charge in [-0.15, -0.1) is 0 Å². The van der Waals surface area contributed by atoms with Gasteiger partial charge in [-0.3, -0.25) is 24.6 Å². The molecule has 0 bridgehead atoms. The van der Waals surface area contributed by atoms with Gasteiger partial charge in [0.1, 0.15) is 6.04 Å². The number of amides is 3. The fourth-order valence-corrected chi connectivity index (χ4v) is 8.42. The molecule has 3 amide bonds. The molecule has 0 radical (unpaired) electrons. The molecular formula is C39H47N7O5. The zero-order chi connectivity index (χ0) is 35.0. The van der Waals surface area contributed by atoms with Crippen LogP contribution in [0.4, 0.5) is 11.6 Å². The number of hydrogen-bond donors (Lipinski definition) is 3. The van der Waals surface area contributed by atoms with Crippen LogP contribution in [0.5, 0.6) is 0 Å². The topological polar surface area (TPSA) is 140 Å². The lowest BCUT2D eigenvalue weighted by atomic mass is 9.83. The Morgan fingerprint density at radius 1 is 0.902 bits per heavy atom. The summed E-state index contributed by atoms with van der Waals surface area (Å²) in [6.07, 6.45) is 9.85. The monoisotopic (exact) mass is 693 g/mol. The Kier molecular flexibility index (Phi) is 9.47. The molecule has 4 saturated heterocycles. The number of nitrogens with zero attached hydrogens (tertiary/aromatic N) is 5. The Balaban J connectivity index is 0.799. The van der Waals surface area contributed by atoms with E-state index in [1.807, 2.05) is 24.5 Å². The first-order valence-corrected chi connectivity index (χ1v) is 18.5. The van der Waals surface area contributed by atoms with Crippen molar-refractivity contribution in [1.29, 1.82) is 0 Å². The summed E-state index contributed by atoms with van der Waals surface area (Å²) in [5.41, 5.74) is 4.95. The summed E-state index contributed by atoms with van der Waals surface area (Å²) < 4.78 is 5.48. The highest BCUT2D eigenvalue weighted by Crippen LogP contribution is 2.37. The van der Waals surface area contributed by atoms with Gasteiger partial charge in [0.15, 0.2) is 0 Å². The summed E-state index contributed by atoms with van der Waals surface area (Å²) in [6.45, 7) is 6.26. The first-order valence-electron chi connectivity index (χ1n) is 18.5. The van der Waals surface area contributed by atoms with Crippen LogP contribution in [0.1, 0.15) is 89.9 Å². The molecule has 5 aliphatic rings. The number of aromatic nitrogens is 2. The van der Waals surface area contributed by atoms with Crippen molar-refractivity contribution in [3.8, 4) is 0 Å². The molecule has 6 heterocycles. The van der Waals surface area contributed by atoms with Gasteiger partial charge in [-0.2, -0.15) is 0 Å². The smallest absolute Gasteiger partial charge is 0.255 e. The molecule has 12 nitrogen and oxygen atoms in total. The predicted octanol–water partition coefficient (Wildman–Crippen LogP) is 3.70. The van der Waals surface area contributed by atoms with Gasteiger partial charge in [-0.05, 0) is 91.3 Å². The van der Waals surface area contributed by atoms with E-state index >= 15 is 0 Å². The van der Waals surface area contributed by atoms with Crippen molar-refractivity contribution in [2.45, 2.75) is 88.1 Å².